The number of carbonyl (C=O) groups excluding carboxylic acids is 1. The van der Waals surface area contributed by atoms with Crippen LogP contribution in [0.25, 0.3) is 0 Å². The normalized spacial score (nSPS) is 14.2. The van der Waals surface area contributed by atoms with Gasteiger partial charge in [-0.05, 0) is 48.1 Å². The molecule has 1 aromatic carbocycles. The van der Waals surface area contributed by atoms with E-state index in [4.69, 9.17) is 0 Å². The van der Waals surface area contributed by atoms with Gasteiger partial charge in [0, 0.05) is 24.1 Å². The molecule has 1 amide bonds. The monoisotopic (exact) mass is 267 g/mol. The Morgan fingerprint density at radius 3 is 3.12 bits per heavy atom. The van der Waals surface area contributed by atoms with Gasteiger partial charge < -0.3 is 4.90 Å². The molecule has 0 aromatic heterocycles. The van der Waals surface area contributed by atoms with Gasteiger partial charge in [-0.1, -0.05) is 0 Å². The topological polar surface area (TPSA) is 20.3 Å². The number of fused-ring (bicyclic) bond motifs is 1. The first-order chi connectivity index (χ1) is 8.22. The molecule has 4 heteroatoms. The van der Waals surface area contributed by atoms with Crippen molar-refractivity contribution in [2.24, 2.45) is 0 Å². The number of anilines is 1. The van der Waals surface area contributed by atoms with Gasteiger partial charge in [0.25, 0.3) is 0 Å². The van der Waals surface area contributed by atoms with E-state index >= 15 is 0 Å². The Bertz CT molecular complexity index is 420. The van der Waals surface area contributed by atoms with Gasteiger partial charge in [-0.2, -0.15) is 12.6 Å². The highest BCUT2D eigenvalue weighted by molar-refractivity contribution is 7.99. The summed E-state index contributed by atoms with van der Waals surface area (Å²) in [6, 6.07) is 6.32. The summed E-state index contributed by atoms with van der Waals surface area (Å²) >= 11 is 6.01. The van der Waals surface area contributed by atoms with E-state index in [1.807, 2.05) is 24.9 Å². The molecule has 0 fully saturated rings. The summed E-state index contributed by atoms with van der Waals surface area (Å²) in [4.78, 5) is 14.9. The van der Waals surface area contributed by atoms with Gasteiger partial charge in [-0.3, -0.25) is 4.79 Å². The third-order valence-electron chi connectivity index (χ3n) is 2.98. The van der Waals surface area contributed by atoms with E-state index < -0.39 is 0 Å². The summed E-state index contributed by atoms with van der Waals surface area (Å²) < 4.78 is 0. The van der Waals surface area contributed by atoms with Gasteiger partial charge in [0.15, 0.2) is 0 Å². The van der Waals surface area contributed by atoms with Crippen LogP contribution in [0, 0.1) is 0 Å². The molecule has 0 radical (unpaired) electrons. The maximum Gasteiger partial charge on any atom is 0.227 e. The Kier molecular flexibility index (Phi) is 4.40. The molecule has 1 aliphatic rings. The fourth-order valence-electron chi connectivity index (χ4n) is 1.96. The van der Waals surface area contributed by atoms with Crippen LogP contribution in [0.1, 0.15) is 18.4 Å². The van der Waals surface area contributed by atoms with Gasteiger partial charge in [0.2, 0.25) is 5.91 Å². The first-order valence-electron chi connectivity index (χ1n) is 5.85. The second kappa shape index (κ2) is 5.83. The van der Waals surface area contributed by atoms with E-state index in [1.165, 1.54) is 22.6 Å². The SMILES string of the molecule is CN(C(=O)CCS)c1ccc2c(c1)CCCS2. The molecule has 2 rings (SSSR count). The molecule has 1 aliphatic heterocycles. The highest BCUT2D eigenvalue weighted by Crippen LogP contribution is 2.32. The van der Waals surface area contributed by atoms with Crippen molar-refractivity contribution in [3.8, 4) is 0 Å². The van der Waals surface area contributed by atoms with Crippen LogP contribution in [0.3, 0.4) is 0 Å². The van der Waals surface area contributed by atoms with E-state index in [0.717, 1.165) is 12.1 Å². The van der Waals surface area contributed by atoms with Crippen LogP contribution >= 0.6 is 24.4 Å². The number of thioether (sulfide) groups is 1. The van der Waals surface area contributed by atoms with Crippen molar-refractivity contribution in [1.29, 1.82) is 0 Å². The largest absolute Gasteiger partial charge is 0.315 e. The zero-order chi connectivity index (χ0) is 12.3. The van der Waals surface area contributed by atoms with E-state index in [2.05, 4.69) is 24.8 Å². The molecule has 2 nitrogen and oxygen atoms in total. The van der Waals surface area contributed by atoms with Crippen molar-refractivity contribution in [2.45, 2.75) is 24.2 Å². The average Bonchev–Trinajstić information content (AvgIpc) is 2.37. The van der Waals surface area contributed by atoms with Crippen LogP contribution in [-0.4, -0.2) is 24.5 Å². The zero-order valence-electron chi connectivity index (χ0n) is 9.98. The number of benzene rings is 1. The molecular weight excluding hydrogens is 250 g/mol. The molecule has 17 heavy (non-hydrogen) atoms. The smallest absolute Gasteiger partial charge is 0.227 e. The number of rotatable bonds is 3. The number of thiol groups is 1. The van der Waals surface area contributed by atoms with Crippen molar-refractivity contribution in [3.05, 3.63) is 23.8 Å². The predicted octanol–water partition coefficient (Wildman–Crippen LogP) is 3.01. The van der Waals surface area contributed by atoms with Gasteiger partial charge in [0.1, 0.15) is 0 Å². The highest BCUT2D eigenvalue weighted by atomic mass is 32.2. The van der Waals surface area contributed by atoms with Crippen LogP contribution in [0.5, 0.6) is 0 Å². The second-order valence-corrected chi connectivity index (χ2v) is 5.75. The minimum absolute atomic E-state index is 0.128. The standard InChI is InChI=1S/C13H17NOS2/c1-14(13(15)6-7-16)11-4-5-12-10(9-11)3-2-8-17-12/h4-5,9,16H,2-3,6-8H2,1H3. The van der Waals surface area contributed by atoms with E-state index in [1.54, 1.807) is 4.90 Å². The lowest BCUT2D eigenvalue weighted by Crippen LogP contribution is -2.26. The van der Waals surface area contributed by atoms with Gasteiger partial charge in [0.05, 0.1) is 0 Å². The van der Waals surface area contributed by atoms with Crippen LogP contribution in [0.4, 0.5) is 5.69 Å². The van der Waals surface area contributed by atoms with Crippen LogP contribution in [0.2, 0.25) is 0 Å². The maximum absolute atomic E-state index is 11.8. The molecule has 0 spiro atoms. The molecule has 1 aromatic rings. The quantitative estimate of drug-likeness (QED) is 0.850. The number of aryl methyl sites for hydroxylation is 1. The van der Waals surface area contributed by atoms with Gasteiger partial charge in [-0.25, -0.2) is 0 Å². The Balaban J connectivity index is 2.18. The second-order valence-electron chi connectivity index (χ2n) is 4.17. The van der Waals surface area contributed by atoms with Crippen molar-refractivity contribution in [2.75, 3.05) is 23.5 Å². The average molecular weight is 267 g/mol. The lowest BCUT2D eigenvalue weighted by Gasteiger charge is -2.21. The lowest BCUT2D eigenvalue weighted by atomic mass is 10.1. The molecule has 0 saturated carbocycles. The van der Waals surface area contributed by atoms with Crippen LogP contribution in [0.15, 0.2) is 23.1 Å². The number of amides is 1. The molecule has 0 unspecified atom stereocenters. The zero-order valence-corrected chi connectivity index (χ0v) is 11.7. The molecule has 0 atom stereocenters. The van der Waals surface area contributed by atoms with Crippen LogP contribution < -0.4 is 4.90 Å². The third-order valence-corrected chi connectivity index (χ3v) is 4.40. The van der Waals surface area contributed by atoms with E-state index in [0.29, 0.717) is 12.2 Å². The van der Waals surface area contributed by atoms with Gasteiger partial charge in [-0.15, -0.1) is 11.8 Å². The number of hydrogen-bond donors (Lipinski definition) is 1. The summed E-state index contributed by atoms with van der Waals surface area (Å²) in [6.07, 6.45) is 2.85. The summed E-state index contributed by atoms with van der Waals surface area (Å²) in [7, 11) is 1.84. The molecule has 0 saturated heterocycles. The number of nitrogens with zero attached hydrogens (tertiary/aromatic N) is 1. The fraction of sp³-hybridized carbons (Fsp3) is 0.462. The number of carbonyl (C=O) groups is 1. The molecule has 1 heterocycles. The third kappa shape index (κ3) is 2.99. The molecule has 0 bridgehead atoms. The van der Waals surface area contributed by atoms with E-state index in [-0.39, 0.29) is 5.91 Å². The minimum atomic E-state index is 0.128. The van der Waals surface area contributed by atoms with E-state index in [9.17, 15) is 4.79 Å². The fourth-order valence-corrected chi connectivity index (χ4v) is 3.17. The summed E-state index contributed by atoms with van der Waals surface area (Å²) in [5.41, 5.74) is 2.38. The molecule has 92 valence electrons. The first-order valence-corrected chi connectivity index (χ1v) is 7.47. The molecular formula is C13H17NOS2. The first kappa shape index (κ1) is 12.8. The lowest BCUT2D eigenvalue weighted by molar-refractivity contribution is -0.117. The Hall–Kier alpha value is -0.610. The highest BCUT2D eigenvalue weighted by Gasteiger charge is 2.14. The van der Waals surface area contributed by atoms with Crippen molar-refractivity contribution in [3.63, 3.8) is 0 Å². The Morgan fingerprint density at radius 2 is 2.35 bits per heavy atom. The maximum atomic E-state index is 11.8. The summed E-state index contributed by atoms with van der Waals surface area (Å²) in [5.74, 6) is 1.94. The van der Waals surface area contributed by atoms with Crippen molar-refractivity contribution in [1.82, 2.24) is 0 Å². The van der Waals surface area contributed by atoms with Crippen molar-refractivity contribution < 1.29 is 4.79 Å². The molecule has 0 N–H and O–H groups in total. The summed E-state index contributed by atoms with van der Waals surface area (Å²) in [5, 5.41) is 0. The van der Waals surface area contributed by atoms with Crippen molar-refractivity contribution >= 4 is 36.0 Å². The Morgan fingerprint density at radius 1 is 1.53 bits per heavy atom. The summed E-state index contributed by atoms with van der Waals surface area (Å²) in [6.45, 7) is 0. The van der Waals surface area contributed by atoms with Gasteiger partial charge >= 0.3 is 0 Å². The Labute approximate surface area is 112 Å². The number of hydrogen-bond acceptors (Lipinski definition) is 3. The molecule has 0 aliphatic carbocycles. The predicted molar refractivity (Wildman–Crippen MR) is 77.4 cm³/mol. The minimum Gasteiger partial charge on any atom is -0.315 e. The van der Waals surface area contributed by atoms with Crippen LogP contribution in [-0.2, 0) is 11.2 Å².